The summed E-state index contributed by atoms with van der Waals surface area (Å²) in [4.78, 5) is 73.3. The summed E-state index contributed by atoms with van der Waals surface area (Å²) in [6, 6.07) is 0. The molecule has 19 heteroatoms. The summed E-state index contributed by atoms with van der Waals surface area (Å²) in [5, 5.41) is 10.7. The maximum Gasteiger partial charge on any atom is 0.472 e. The molecule has 0 aromatic heterocycles. The van der Waals surface area contributed by atoms with Crippen LogP contribution in [-0.4, -0.2) is 96.7 Å². The molecule has 17 nitrogen and oxygen atoms in total. The van der Waals surface area contributed by atoms with Crippen LogP contribution in [0.3, 0.4) is 0 Å². The van der Waals surface area contributed by atoms with Crippen molar-refractivity contribution in [2.24, 2.45) is 11.8 Å². The first-order valence-corrected chi connectivity index (χ1v) is 49.0. The number of carbonyl (C=O) groups is 4. The number of unbranched alkanes of at least 4 members (excludes halogenated alkanes) is 57. The van der Waals surface area contributed by atoms with Gasteiger partial charge in [0, 0.05) is 25.7 Å². The highest BCUT2D eigenvalue weighted by Gasteiger charge is 2.31. The first-order chi connectivity index (χ1) is 52.4. The van der Waals surface area contributed by atoms with Crippen LogP contribution in [-0.2, 0) is 65.4 Å². The molecule has 0 aromatic carbocycles. The van der Waals surface area contributed by atoms with Gasteiger partial charge in [0.05, 0.1) is 26.4 Å². The molecule has 0 aliphatic carbocycles. The molecule has 6 atom stereocenters. The SMILES string of the molecule is CCCCCCCCCCCCCCCCCCCCCC(=O)OC[C@H](COP(=O)(O)OC[C@@H](O)COP(=O)(O)OC[C@@H](COC(=O)CCCCCCCCCCC)OC(=O)CCCCCCCCCCCCCCCCCC(C)C)OC(=O)CCCCCCCCCCCCCCCCCCCCC(C)CC. The van der Waals surface area contributed by atoms with E-state index in [1.54, 1.807) is 0 Å². The molecule has 0 rings (SSSR count). The third-order valence-electron chi connectivity index (χ3n) is 21.3. The minimum Gasteiger partial charge on any atom is -0.462 e. The highest BCUT2D eigenvalue weighted by atomic mass is 31.2. The van der Waals surface area contributed by atoms with Gasteiger partial charge in [-0.25, -0.2) is 9.13 Å². The van der Waals surface area contributed by atoms with Gasteiger partial charge in [0.15, 0.2) is 12.2 Å². The molecule has 0 aliphatic rings. The Labute approximate surface area is 664 Å². The van der Waals surface area contributed by atoms with E-state index in [9.17, 15) is 43.2 Å². The summed E-state index contributed by atoms with van der Waals surface area (Å²) in [6.07, 6.45) is 73.6. The lowest BCUT2D eigenvalue weighted by molar-refractivity contribution is -0.161. The Hall–Kier alpha value is -1.94. The molecule has 3 unspecified atom stereocenters. The Bertz CT molecular complexity index is 2070. The van der Waals surface area contributed by atoms with Crippen LogP contribution in [0.5, 0.6) is 0 Å². The zero-order valence-corrected chi connectivity index (χ0v) is 73.0. The molecule has 0 fully saturated rings. The Morgan fingerprint density at radius 2 is 0.472 bits per heavy atom. The molecule has 0 radical (unpaired) electrons. The first-order valence-electron chi connectivity index (χ1n) is 46.0. The zero-order valence-electron chi connectivity index (χ0n) is 71.2. The normalized spacial score (nSPS) is 14.0. The predicted molar refractivity (Wildman–Crippen MR) is 446 cm³/mol. The Morgan fingerprint density at radius 1 is 0.269 bits per heavy atom. The summed E-state index contributed by atoms with van der Waals surface area (Å²) in [5.41, 5.74) is 0. The average molecular weight is 1580 g/mol. The van der Waals surface area contributed by atoms with E-state index < -0.39 is 97.5 Å². The molecule has 0 aliphatic heterocycles. The van der Waals surface area contributed by atoms with Crippen molar-refractivity contribution in [3.63, 3.8) is 0 Å². The van der Waals surface area contributed by atoms with Crippen molar-refractivity contribution in [2.75, 3.05) is 39.6 Å². The third kappa shape index (κ3) is 80.7. The summed E-state index contributed by atoms with van der Waals surface area (Å²) in [5.74, 6) is -0.425. The van der Waals surface area contributed by atoms with Crippen molar-refractivity contribution in [2.45, 2.75) is 496 Å². The van der Waals surface area contributed by atoms with Crippen LogP contribution in [0.1, 0.15) is 478 Å². The summed E-state index contributed by atoms with van der Waals surface area (Å²) in [6.45, 7) is 9.77. The maximum atomic E-state index is 13.2. The molecule has 0 amide bonds. The van der Waals surface area contributed by atoms with E-state index >= 15 is 0 Å². The van der Waals surface area contributed by atoms with Gasteiger partial charge in [-0.05, 0) is 37.5 Å². The van der Waals surface area contributed by atoms with Crippen molar-refractivity contribution in [3.05, 3.63) is 0 Å². The van der Waals surface area contributed by atoms with Crippen LogP contribution in [0, 0.1) is 11.8 Å². The van der Waals surface area contributed by atoms with E-state index in [2.05, 4.69) is 41.5 Å². The van der Waals surface area contributed by atoms with Crippen LogP contribution < -0.4 is 0 Å². The third-order valence-corrected chi connectivity index (χ3v) is 23.2. The van der Waals surface area contributed by atoms with Crippen molar-refractivity contribution < 1.29 is 80.2 Å². The molecule has 0 aromatic rings. The summed E-state index contributed by atoms with van der Waals surface area (Å²) in [7, 11) is -9.93. The molecule has 0 saturated carbocycles. The second kappa shape index (κ2) is 80.3. The standard InChI is InChI=1S/C89H174O17P2/c1-7-10-12-14-16-18-19-20-21-22-23-27-32-37-42-48-54-60-66-72-87(92)100-78-85(106-89(94)73-67-61-55-49-43-38-33-28-25-24-26-31-36-41-47-52-58-64-70-82(6)9-3)80-104-108(97,98)102-76-83(90)75-101-107(95,96)103-79-84(77-99-86(91)71-65-59-53-45-17-15-13-11-8-2)105-88(93)74-68-62-56-50-44-39-34-29-30-35-40-46-51-57-63-69-81(4)5/h81-85,90H,7-80H2,1-6H3,(H,95,96)(H,97,98)/t82?,83-,84+,85+/m0/s1. The van der Waals surface area contributed by atoms with E-state index in [1.807, 2.05) is 0 Å². The minimum absolute atomic E-state index is 0.108. The second-order valence-electron chi connectivity index (χ2n) is 32.7. The lowest BCUT2D eigenvalue weighted by atomic mass is 9.99. The number of aliphatic hydroxyl groups excluding tert-OH is 1. The molecular formula is C89H174O17P2. The number of aliphatic hydroxyl groups is 1. The smallest absolute Gasteiger partial charge is 0.462 e. The molecule has 3 N–H and O–H groups in total. The number of esters is 4. The lowest BCUT2D eigenvalue weighted by Gasteiger charge is -2.21. The molecule has 642 valence electrons. The Balaban J connectivity index is 5.20. The number of ether oxygens (including phenoxy) is 4. The van der Waals surface area contributed by atoms with Gasteiger partial charge < -0.3 is 33.8 Å². The largest absolute Gasteiger partial charge is 0.472 e. The van der Waals surface area contributed by atoms with Gasteiger partial charge >= 0.3 is 39.5 Å². The van der Waals surface area contributed by atoms with E-state index in [4.69, 9.17) is 37.0 Å². The van der Waals surface area contributed by atoms with Crippen LogP contribution in [0.4, 0.5) is 0 Å². The quantitative estimate of drug-likeness (QED) is 0.0222. The number of phosphoric acid groups is 2. The van der Waals surface area contributed by atoms with Gasteiger partial charge in [-0.1, -0.05) is 427 Å². The van der Waals surface area contributed by atoms with Crippen LogP contribution >= 0.6 is 15.6 Å². The predicted octanol–water partition coefficient (Wildman–Crippen LogP) is 27.4. The maximum absolute atomic E-state index is 13.2. The van der Waals surface area contributed by atoms with Gasteiger partial charge in [-0.3, -0.25) is 37.3 Å². The first kappa shape index (κ1) is 106. The monoisotopic (exact) mass is 1580 g/mol. The molecular weight excluding hydrogens is 1400 g/mol. The van der Waals surface area contributed by atoms with E-state index in [1.165, 1.54) is 295 Å². The van der Waals surface area contributed by atoms with Gasteiger partial charge in [0.25, 0.3) is 0 Å². The van der Waals surface area contributed by atoms with Crippen LogP contribution in [0.25, 0.3) is 0 Å². The molecule has 0 heterocycles. The summed E-state index contributed by atoms with van der Waals surface area (Å²) >= 11 is 0. The topological polar surface area (TPSA) is 237 Å². The summed E-state index contributed by atoms with van der Waals surface area (Å²) < 4.78 is 68.9. The fourth-order valence-electron chi connectivity index (χ4n) is 13.9. The van der Waals surface area contributed by atoms with Crippen molar-refractivity contribution in [1.82, 2.24) is 0 Å². The van der Waals surface area contributed by atoms with E-state index in [0.29, 0.717) is 25.7 Å². The Morgan fingerprint density at radius 3 is 0.704 bits per heavy atom. The van der Waals surface area contributed by atoms with Crippen molar-refractivity contribution >= 4 is 39.5 Å². The Kier molecular flexibility index (Phi) is 78.8. The second-order valence-corrected chi connectivity index (χ2v) is 35.6. The average Bonchev–Trinajstić information content (AvgIpc) is 0.901. The van der Waals surface area contributed by atoms with Gasteiger partial charge in [0.2, 0.25) is 0 Å². The van der Waals surface area contributed by atoms with Crippen LogP contribution in [0.15, 0.2) is 0 Å². The highest BCUT2D eigenvalue weighted by Crippen LogP contribution is 2.45. The number of hydrogen-bond acceptors (Lipinski definition) is 15. The number of carbonyl (C=O) groups excluding carboxylic acids is 4. The fraction of sp³-hybridized carbons (Fsp3) is 0.955. The van der Waals surface area contributed by atoms with E-state index in [-0.39, 0.29) is 25.7 Å². The van der Waals surface area contributed by atoms with Gasteiger partial charge in [0.1, 0.15) is 19.3 Å². The number of hydrogen-bond donors (Lipinski definition) is 3. The minimum atomic E-state index is -4.97. The van der Waals surface area contributed by atoms with Crippen molar-refractivity contribution in [3.8, 4) is 0 Å². The lowest BCUT2D eigenvalue weighted by Crippen LogP contribution is -2.30. The van der Waals surface area contributed by atoms with Gasteiger partial charge in [-0.15, -0.1) is 0 Å². The molecule has 0 bridgehead atoms. The molecule has 0 spiro atoms. The fourth-order valence-corrected chi connectivity index (χ4v) is 15.5. The molecule has 108 heavy (non-hydrogen) atoms. The van der Waals surface area contributed by atoms with Crippen molar-refractivity contribution in [1.29, 1.82) is 0 Å². The number of phosphoric ester groups is 2. The zero-order chi connectivity index (χ0) is 79.2. The van der Waals surface area contributed by atoms with Gasteiger partial charge in [-0.2, -0.15) is 0 Å². The highest BCUT2D eigenvalue weighted by molar-refractivity contribution is 7.47. The number of rotatable bonds is 88. The molecule has 0 saturated heterocycles. The van der Waals surface area contributed by atoms with E-state index in [0.717, 1.165) is 102 Å². The van der Waals surface area contributed by atoms with Crippen LogP contribution in [0.2, 0.25) is 0 Å².